The lowest BCUT2D eigenvalue weighted by Gasteiger charge is -2.10. The topological polar surface area (TPSA) is 64.6 Å². The van der Waals surface area contributed by atoms with Crippen LogP contribution in [0.1, 0.15) is 10.4 Å². The number of carbonyl (C=O) groups is 2. The van der Waals surface area contributed by atoms with Crippen molar-refractivity contribution in [1.82, 2.24) is 5.32 Å². The molecule has 0 bridgehead atoms. The number of hydrogen-bond donors (Lipinski definition) is 1. The Hall–Kier alpha value is -2.12. The monoisotopic (exact) mass is 391 g/mol. The maximum Gasteiger partial charge on any atom is 0.342 e. The molecule has 1 amide bonds. The molecule has 0 aliphatic carbocycles. The summed E-state index contributed by atoms with van der Waals surface area (Å²) >= 11 is 3.20. The van der Waals surface area contributed by atoms with Crippen LogP contribution < -0.4 is 10.1 Å². The van der Waals surface area contributed by atoms with E-state index < -0.39 is 5.97 Å². The summed E-state index contributed by atoms with van der Waals surface area (Å²) in [6.45, 7) is 0.184. The molecule has 0 saturated heterocycles. The van der Waals surface area contributed by atoms with Gasteiger partial charge in [0.2, 0.25) is 0 Å². The third kappa shape index (κ3) is 6.31. The van der Waals surface area contributed by atoms with Gasteiger partial charge in [-0.2, -0.15) is 0 Å². The number of methoxy groups -OCH3 is 1. The standard InChI is InChI=1S/C19H21NO4S2/c1-23-17-12-15(25-2)8-9-16(17)19(22)24-13-18(21)20-10-11-26-14-6-4-3-5-7-14/h3-9,12H,10-11,13H2,1-2H3,(H,20,21). The Bertz CT molecular complexity index is 738. The van der Waals surface area contributed by atoms with Gasteiger partial charge in [0.15, 0.2) is 6.61 Å². The molecule has 0 radical (unpaired) electrons. The van der Waals surface area contributed by atoms with E-state index >= 15 is 0 Å². The quantitative estimate of drug-likeness (QED) is 0.401. The first-order chi connectivity index (χ1) is 12.6. The van der Waals surface area contributed by atoms with Crippen LogP contribution in [0.25, 0.3) is 0 Å². The van der Waals surface area contributed by atoms with Gasteiger partial charge in [0.1, 0.15) is 11.3 Å². The Kier molecular flexibility index (Phi) is 8.37. The van der Waals surface area contributed by atoms with Gasteiger partial charge in [-0.1, -0.05) is 18.2 Å². The number of nitrogens with one attached hydrogen (secondary N) is 1. The molecule has 2 aromatic rings. The predicted molar refractivity (Wildman–Crippen MR) is 105 cm³/mol. The van der Waals surface area contributed by atoms with Crippen molar-refractivity contribution in [3.05, 3.63) is 54.1 Å². The number of esters is 1. The van der Waals surface area contributed by atoms with Gasteiger partial charge in [-0.3, -0.25) is 4.79 Å². The molecular weight excluding hydrogens is 370 g/mol. The highest BCUT2D eigenvalue weighted by Crippen LogP contribution is 2.25. The summed E-state index contributed by atoms with van der Waals surface area (Å²) in [6, 6.07) is 15.2. The van der Waals surface area contributed by atoms with E-state index in [1.807, 2.05) is 42.7 Å². The van der Waals surface area contributed by atoms with Crippen LogP contribution in [0.3, 0.4) is 0 Å². The lowest BCUT2D eigenvalue weighted by atomic mass is 10.2. The fraction of sp³-hybridized carbons (Fsp3) is 0.263. The van der Waals surface area contributed by atoms with Crippen molar-refractivity contribution >= 4 is 35.4 Å². The molecule has 1 N–H and O–H groups in total. The molecule has 0 heterocycles. The van der Waals surface area contributed by atoms with Gasteiger partial charge in [-0.15, -0.1) is 23.5 Å². The fourth-order valence-electron chi connectivity index (χ4n) is 2.10. The predicted octanol–water partition coefficient (Wildman–Crippen LogP) is 3.48. The normalized spacial score (nSPS) is 10.2. The summed E-state index contributed by atoms with van der Waals surface area (Å²) in [7, 11) is 1.49. The highest BCUT2D eigenvalue weighted by Gasteiger charge is 2.15. The summed E-state index contributed by atoms with van der Waals surface area (Å²) in [6.07, 6.45) is 1.94. The largest absolute Gasteiger partial charge is 0.496 e. The molecular formula is C19H21NO4S2. The zero-order chi connectivity index (χ0) is 18.8. The van der Waals surface area contributed by atoms with Crippen LogP contribution in [0.2, 0.25) is 0 Å². The smallest absolute Gasteiger partial charge is 0.342 e. The van der Waals surface area contributed by atoms with Crippen LogP contribution in [0.5, 0.6) is 5.75 Å². The summed E-state index contributed by atoms with van der Waals surface area (Å²) in [4.78, 5) is 26.1. The van der Waals surface area contributed by atoms with Crippen LogP contribution in [-0.2, 0) is 9.53 Å². The first kappa shape index (κ1) is 20.2. The number of ether oxygens (including phenoxy) is 2. The number of carbonyl (C=O) groups excluding carboxylic acids is 2. The molecule has 7 heteroatoms. The van der Waals surface area contributed by atoms with E-state index in [0.717, 1.165) is 15.5 Å². The first-order valence-electron chi connectivity index (χ1n) is 7.97. The molecule has 26 heavy (non-hydrogen) atoms. The number of thioether (sulfide) groups is 2. The third-order valence-corrected chi connectivity index (χ3v) is 5.14. The molecule has 0 aromatic heterocycles. The fourth-order valence-corrected chi connectivity index (χ4v) is 3.32. The van der Waals surface area contributed by atoms with Crippen LogP contribution in [0.15, 0.2) is 58.3 Å². The second-order valence-electron chi connectivity index (χ2n) is 5.15. The highest BCUT2D eigenvalue weighted by atomic mass is 32.2. The van der Waals surface area contributed by atoms with Crippen molar-refractivity contribution in [1.29, 1.82) is 0 Å². The summed E-state index contributed by atoms with van der Waals surface area (Å²) < 4.78 is 10.3. The SMILES string of the molecule is COc1cc(SC)ccc1C(=O)OCC(=O)NCCSc1ccccc1. The van der Waals surface area contributed by atoms with Crippen LogP contribution in [0, 0.1) is 0 Å². The molecule has 0 fully saturated rings. The second kappa shape index (κ2) is 10.8. The second-order valence-corrected chi connectivity index (χ2v) is 7.20. The first-order valence-corrected chi connectivity index (χ1v) is 10.2. The Morgan fingerprint density at radius 1 is 1.08 bits per heavy atom. The zero-order valence-electron chi connectivity index (χ0n) is 14.7. The molecule has 0 aliphatic heterocycles. The van der Waals surface area contributed by atoms with Crippen molar-refractivity contribution in [3.63, 3.8) is 0 Å². The maximum atomic E-state index is 12.2. The Labute approximate surface area is 161 Å². The van der Waals surface area contributed by atoms with Gasteiger partial charge in [0.05, 0.1) is 7.11 Å². The molecule has 2 aromatic carbocycles. The number of benzene rings is 2. The lowest BCUT2D eigenvalue weighted by Crippen LogP contribution is -2.30. The van der Waals surface area contributed by atoms with Crippen molar-refractivity contribution in [2.75, 3.05) is 32.3 Å². The minimum absolute atomic E-state index is 0.303. The van der Waals surface area contributed by atoms with Gasteiger partial charge in [0, 0.05) is 22.1 Å². The molecule has 0 unspecified atom stereocenters. The van der Waals surface area contributed by atoms with Gasteiger partial charge < -0.3 is 14.8 Å². The van der Waals surface area contributed by atoms with Gasteiger partial charge >= 0.3 is 5.97 Å². The molecule has 0 atom stereocenters. The van der Waals surface area contributed by atoms with E-state index in [4.69, 9.17) is 9.47 Å². The van der Waals surface area contributed by atoms with Gasteiger partial charge in [-0.25, -0.2) is 4.79 Å². The van der Waals surface area contributed by atoms with Gasteiger partial charge in [0.25, 0.3) is 5.91 Å². The minimum Gasteiger partial charge on any atom is -0.496 e. The van der Waals surface area contributed by atoms with E-state index in [1.54, 1.807) is 35.7 Å². The number of amides is 1. The van der Waals surface area contributed by atoms with Crippen LogP contribution in [0.4, 0.5) is 0 Å². The average molecular weight is 392 g/mol. The summed E-state index contributed by atoms with van der Waals surface area (Å²) in [5.41, 5.74) is 0.303. The molecule has 5 nitrogen and oxygen atoms in total. The minimum atomic E-state index is -0.580. The maximum absolute atomic E-state index is 12.2. The third-order valence-electron chi connectivity index (χ3n) is 3.40. The zero-order valence-corrected chi connectivity index (χ0v) is 16.3. The van der Waals surface area contributed by atoms with E-state index in [1.165, 1.54) is 7.11 Å². The van der Waals surface area contributed by atoms with Crippen molar-refractivity contribution in [2.45, 2.75) is 9.79 Å². The van der Waals surface area contributed by atoms with E-state index in [2.05, 4.69) is 5.32 Å². The molecule has 138 valence electrons. The van der Waals surface area contributed by atoms with Crippen molar-refractivity contribution in [3.8, 4) is 5.75 Å². The summed E-state index contributed by atoms with van der Waals surface area (Å²) in [5, 5.41) is 2.74. The Morgan fingerprint density at radius 3 is 2.54 bits per heavy atom. The summed E-state index contributed by atoms with van der Waals surface area (Å²) in [5.74, 6) is 0.268. The highest BCUT2D eigenvalue weighted by molar-refractivity contribution is 7.99. The van der Waals surface area contributed by atoms with Crippen LogP contribution >= 0.6 is 23.5 Å². The van der Waals surface area contributed by atoms with E-state index in [0.29, 0.717) is 17.9 Å². The van der Waals surface area contributed by atoms with Crippen molar-refractivity contribution in [2.24, 2.45) is 0 Å². The Balaban J connectivity index is 1.74. The molecule has 0 saturated carbocycles. The number of rotatable bonds is 9. The lowest BCUT2D eigenvalue weighted by molar-refractivity contribution is -0.124. The average Bonchev–Trinajstić information content (AvgIpc) is 2.69. The molecule has 0 spiro atoms. The van der Waals surface area contributed by atoms with Crippen LogP contribution in [-0.4, -0.2) is 44.1 Å². The molecule has 2 rings (SSSR count). The molecule has 0 aliphatic rings. The van der Waals surface area contributed by atoms with Crippen molar-refractivity contribution < 1.29 is 19.1 Å². The Morgan fingerprint density at radius 2 is 1.85 bits per heavy atom. The van der Waals surface area contributed by atoms with E-state index in [-0.39, 0.29) is 12.5 Å². The van der Waals surface area contributed by atoms with Gasteiger partial charge in [-0.05, 0) is 36.6 Å². The van der Waals surface area contributed by atoms with E-state index in [9.17, 15) is 9.59 Å². The number of hydrogen-bond acceptors (Lipinski definition) is 6.